The summed E-state index contributed by atoms with van der Waals surface area (Å²) in [4.78, 5) is 29.5. The van der Waals surface area contributed by atoms with Gasteiger partial charge in [-0.05, 0) is 54.8 Å². The van der Waals surface area contributed by atoms with Gasteiger partial charge in [0.05, 0.1) is 12.7 Å². The minimum atomic E-state index is -0.445. The van der Waals surface area contributed by atoms with Crippen LogP contribution in [0.5, 0.6) is 11.5 Å². The first-order valence-corrected chi connectivity index (χ1v) is 11.5. The molecule has 2 aliphatic rings. The molecule has 2 aliphatic heterocycles. The summed E-state index contributed by atoms with van der Waals surface area (Å²) in [6, 6.07) is 22.6. The Labute approximate surface area is 198 Å². The van der Waals surface area contributed by atoms with Crippen molar-refractivity contribution in [2.75, 3.05) is 37.0 Å². The third kappa shape index (κ3) is 4.17. The Morgan fingerprint density at radius 3 is 2.47 bits per heavy atom. The van der Waals surface area contributed by atoms with Gasteiger partial charge in [0.2, 0.25) is 0 Å². The second-order valence-electron chi connectivity index (χ2n) is 8.39. The first-order chi connectivity index (χ1) is 16.7. The Balaban J connectivity index is 1.45. The van der Waals surface area contributed by atoms with Crippen molar-refractivity contribution in [2.45, 2.75) is 19.0 Å². The molecule has 3 aromatic carbocycles. The molecule has 1 N–H and O–H groups in total. The van der Waals surface area contributed by atoms with Crippen molar-refractivity contribution in [3.63, 3.8) is 0 Å². The van der Waals surface area contributed by atoms with Crippen molar-refractivity contribution < 1.29 is 19.1 Å². The maximum absolute atomic E-state index is 13.5. The van der Waals surface area contributed by atoms with Gasteiger partial charge < -0.3 is 19.7 Å². The largest absolute Gasteiger partial charge is 0.493 e. The Bertz CT molecular complexity index is 1190. The number of ether oxygens (including phenoxy) is 2. The molecule has 5 rings (SSSR count). The van der Waals surface area contributed by atoms with E-state index in [1.165, 1.54) is 0 Å². The molecule has 2 amide bonds. The van der Waals surface area contributed by atoms with Crippen LogP contribution in [0.25, 0.3) is 0 Å². The van der Waals surface area contributed by atoms with Crippen molar-refractivity contribution >= 4 is 23.2 Å². The van der Waals surface area contributed by atoms with E-state index in [9.17, 15) is 9.59 Å². The highest BCUT2D eigenvalue weighted by Gasteiger charge is 2.34. The summed E-state index contributed by atoms with van der Waals surface area (Å²) in [5.74, 6) is 0.900. The van der Waals surface area contributed by atoms with Crippen LogP contribution in [0.2, 0.25) is 0 Å². The van der Waals surface area contributed by atoms with Crippen molar-refractivity contribution in [3.05, 3.63) is 83.9 Å². The summed E-state index contributed by atoms with van der Waals surface area (Å²) >= 11 is 0. The van der Waals surface area contributed by atoms with Gasteiger partial charge in [0.15, 0.2) is 18.1 Å². The standard InChI is InChI=1S/C27H27N3O4/c1-33-24-17-19(13-14-23(24)34-18-25(31)29-15-7-8-16-29)26-28-22-12-6-5-11-21(22)27(32)30(26)20-9-3-2-4-10-20/h2-6,9-14,17,26,28H,7-8,15-16,18H2,1H3/t26-/m0/s1. The Kier molecular flexibility index (Phi) is 6.08. The Hall–Kier alpha value is -4.00. The molecule has 0 aromatic heterocycles. The van der Waals surface area contributed by atoms with E-state index in [1.807, 2.05) is 71.6 Å². The molecule has 1 atom stereocenters. The fourth-order valence-corrected chi connectivity index (χ4v) is 4.51. The van der Waals surface area contributed by atoms with Crippen LogP contribution in [0.1, 0.15) is 34.9 Å². The number of carbonyl (C=O) groups is 2. The van der Waals surface area contributed by atoms with Crippen LogP contribution in [0.4, 0.5) is 11.4 Å². The zero-order chi connectivity index (χ0) is 23.5. The van der Waals surface area contributed by atoms with Crippen LogP contribution in [0.3, 0.4) is 0 Å². The predicted molar refractivity (Wildman–Crippen MR) is 130 cm³/mol. The monoisotopic (exact) mass is 457 g/mol. The number of anilines is 2. The number of para-hydroxylation sites is 2. The van der Waals surface area contributed by atoms with Crippen LogP contribution in [0.15, 0.2) is 72.8 Å². The van der Waals surface area contributed by atoms with Crippen LogP contribution in [-0.2, 0) is 4.79 Å². The minimum Gasteiger partial charge on any atom is -0.493 e. The Morgan fingerprint density at radius 2 is 1.71 bits per heavy atom. The smallest absolute Gasteiger partial charge is 0.262 e. The molecular formula is C27H27N3O4. The van der Waals surface area contributed by atoms with Crippen LogP contribution in [-0.4, -0.2) is 43.5 Å². The average Bonchev–Trinajstić information content (AvgIpc) is 3.43. The molecule has 0 spiro atoms. The van der Waals surface area contributed by atoms with Gasteiger partial charge in [0.1, 0.15) is 6.17 Å². The lowest BCUT2D eigenvalue weighted by molar-refractivity contribution is -0.132. The zero-order valence-corrected chi connectivity index (χ0v) is 19.1. The lowest BCUT2D eigenvalue weighted by Crippen LogP contribution is -2.43. The molecule has 2 heterocycles. The molecule has 1 fully saturated rings. The fourth-order valence-electron chi connectivity index (χ4n) is 4.51. The summed E-state index contributed by atoms with van der Waals surface area (Å²) in [6.45, 7) is 1.55. The van der Waals surface area contributed by atoms with Crippen LogP contribution < -0.4 is 19.7 Å². The highest BCUT2D eigenvalue weighted by molar-refractivity contribution is 6.12. The van der Waals surface area contributed by atoms with Gasteiger partial charge in [-0.3, -0.25) is 14.5 Å². The van der Waals surface area contributed by atoms with E-state index in [0.29, 0.717) is 17.1 Å². The number of rotatable bonds is 6. The van der Waals surface area contributed by atoms with Gasteiger partial charge in [0.25, 0.3) is 11.8 Å². The number of benzene rings is 3. The quantitative estimate of drug-likeness (QED) is 0.592. The van der Waals surface area contributed by atoms with Gasteiger partial charge in [0, 0.05) is 24.5 Å². The molecule has 174 valence electrons. The first-order valence-electron chi connectivity index (χ1n) is 11.5. The van der Waals surface area contributed by atoms with Crippen LogP contribution >= 0.6 is 0 Å². The number of fused-ring (bicyclic) bond motifs is 1. The minimum absolute atomic E-state index is 0.0185. The lowest BCUT2D eigenvalue weighted by Gasteiger charge is -2.38. The number of carbonyl (C=O) groups excluding carboxylic acids is 2. The van der Waals surface area contributed by atoms with Crippen molar-refractivity contribution in [2.24, 2.45) is 0 Å². The highest BCUT2D eigenvalue weighted by Crippen LogP contribution is 2.39. The molecule has 0 aliphatic carbocycles. The second-order valence-corrected chi connectivity index (χ2v) is 8.39. The summed E-state index contributed by atoms with van der Waals surface area (Å²) < 4.78 is 11.4. The van der Waals surface area contributed by atoms with E-state index in [1.54, 1.807) is 18.1 Å². The average molecular weight is 458 g/mol. The van der Waals surface area contributed by atoms with E-state index in [2.05, 4.69) is 5.32 Å². The van der Waals surface area contributed by atoms with Crippen molar-refractivity contribution in [1.82, 2.24) is 4.90 Å². The molecule has 0 radical (unpaired) electrons. The third-order valence-corrected chi connectivity index (χ3v) is 6.27. The van der Waals surface area contributed by atoms with Gasteiger partial charge >= 0.3 is 0 Å². The molecule has 7 nitrogen and oxygen atoms in total. The number of likely N-dealkylation sites (tertiary alicyclic amines) is 1. The summed E-state index contributed by atoms with van der Waals surface area (Å²) in [5, 5.41) is 3.50. The van der Waals surface area contributed by atoms with E-state index < -0.39 is 6.17 Å². The predicted octanol–water partition coefficient (Wildman–Crippen LogP) is 4.47. The normalized spacial score (nSPS) is 17.2. The zero-order valence-electron chi connectivity index (χ0n) is 19.1. The number of nitrogens with one attached hydrogen (secondary N) is 1. The number of nitrogens with zero attached hydrogens (tertiary/aromatic N) is 2. The molecule has 3 aromatic rings. The van der Waals surface area contributed by atoms with Crippen LogP contribution in [0, 0.1) is 0 Å². The van der Waals surface area contributed by atoms with E-state index in [-0.39, 0.29) is 18.4 Å². The summed E-state index contributed by atoms with van der Waals surface area (Å²) in [6.07, 6.45) is 1.63. The third-order valence-electron chi connectivity index (χ3n) is 6.27. The number of hydrogen-bond donors (Lipinski definition) is 1. The van der Waals surface area contributed by atoms with E-state index in [4.69, 9.17) is 9.47 Å². The molecule has 7 heteroatoms. The number of methoxy groups -OCH3 is 1. The number of amides is 2. The van der Waals surface area contributed by atoms with Gasteiger partial charge in [-0.2, -0.15) is 0 Å². The molecule has 0 unspecified atom stereocenters. The SMILES string of the molecule is COc1cc([C@H]2Nc3ccccc3C(=O)N2c2ccccc2)ccc1OCC(=O)N1CCCC1. The van der Waals surface area contributed by atoms with Crippen molar-refractivity contribution in [1.29, 1.82) is 0 Å². The molecule has 1 saturated heterocycles. The molecule has 34 heavy (non-hydrogen) atoms. The lowest BCUT2D eigenvalue weighted by atomic mass is 10.0. The summed E-state index contributed by atoms with van der Waals surface area (Å²) in [5.41, 5.74) is 3.02. The fraction of sp³-hybridized carbons (Fsp3) is 0.259. The maximum Gasteiger partial charge on any atom is 0.262 e. The van der Waals surface area contributed by atoms with Gasteiger partial charge in [-0.25, -0.2) is 0 Å². The van der Waals surface area contributed by atoms with Gasteiger partial charge in [-0.15, -0.1) is 0 Å². The van der Waals surface area contributed by atoms with Gasteiger partial charge in [-0.1, -0.05) is 36.4 Å². The molecule has 0 bridgehead atoms. The Morgan fingerprint density at radius 1 is 0.971 bits per heavy atom. The highest BCUT2D eigenvalue weighted by atomic mass is 16.5. The molecular weight excluding hydrogens is 430 g/mol. The second kappa shape index (κ2) is 9.47. The van der Waals surface area contributed by atoms with E-state index >= 15 is 0 Å². The van der Waals surface area contributed by atoms with E-state index in [0.717, 1.165) is 42.9 Å². The number of hydrogen-bond acceptors (Lipinski definition) is 5. The van der Waals surface area contributed by atoms with Crippen molar-refractivity contribution in [3.8, 4) is 11.5 Å². The maximum atomic E-state index is 13.5. The summed E-state index contributed by atoms with van der Waals surface area (Å²) in [7, 11) is 1.57. The first kappa shape index (κ1) is 21.8. The molecule has 0 saturated carbocycles. The topological polar surface area (TPSA) is 71.1 Å².